The molecule has 0 unspecified atom stereocenters. The zero-order chi connectivity index (χ0) is 17.6. The molecule has 1 N–H and O–H groups in total. The molecule has 3 aromatic rings. The van der Waals surface area contributed by atoms with Gasteiger partial charge in [-0.1, -0.05) is 12.1 Å². The highest BCUT2D eigenvalue weighted by molar-refractivity contribution is 9.10. The van der Waals surface area contributed by atoms with Crippen LogP contribution in [0.4, 0.5) is 10.2 Å². The van der Waals surface area contributed by atoms with Crippen molar-refractivity contribution < 1.29 is 9.18 Å². The first-order valence-corrected chi connectivity index (χ1v) is 8.97. The van der Waals surface area contributed by atoms with Gasteiger partial charge in [-0.25, -0.2) is 9.37 Å². The summed E-state index contributed by atoms with van der Waals surface area (Å²) in [6, 6.07) is 11.1. The summed E-state index contributed by atoms with van der Waals surface area (Å²) < 4.78 is 14.4. The molecule has 1 aromatic heterocycles. The SMILES string of the molecule is Cc1cc(Br)c(F)cc1-c1ccc2cc(NC(=O)C3CC3)ncc2c1. The zero-order valence-corrected chi connectivity index (χ0v) is 15.2. The maximum Gasteiger partial charge on any atom is 0.228 e. The summed E-state index contributed by atoms with van der Waals surface area (Å²) >= 11 is 3.22. The summed E-state index contributed by atoms with van der Waals surface area (Å²) in [6.45, 7) is 1.96. The summed E-state index contributed by atoms with van der Waals surface area (Å²) in [4.78, 5) is 16.2. The van der Waals surface area contributed by atoms with Crippen LogP contribution in [0.3, 0.4) is 0 Å². The average Bonchev–Trinajstić information content (AvgIpc) is 3.43. The molecule has 1 aliphatic rings. The average molecular weight is 399 g/mol. The van der Waals surface area contributed by atoms with E-state index in [1.165, 1.54) is 6.07 Å². The number of nitrogens with one attached hydrogen (secondary N) is 1. The van der Waals surface area contributed by atoms with Gasteiger partial charge in [0.2, 0.25) is 5.91 Å². The van der Waals surface area contributed by atoms with Gasteiger partial charge in [-0.15, -0.1) is 0 Å². The highest BCUT2D eigenvalue weighted by Crippen LogP contribution is 2.32. The normalized spacial score (nSPS) is 13.9. The smallest absolute Gasteiger partial charge is 0.228 e. The number of hydrogen-bond donors (Lipinski definition) is 1. The molecule has 1 heterocycles. The van der Waals surface area contributed by atoms with E-state index in [1.54, 1.807) is 12.3 Å². The number of amides is 1. The molecule has 1 aliphatic carbocycles. The van der Waals surface area contributed by atoms with E-state index in [9.17, 15) is 9.18 Å². The fourth-order valence-corrected chi connectivity index (χ4v) is 3.37. The molecule has 0 bridgehead atoms. The van der Waals surface area contributed by atoms with E-state index < -0.39 is 0 Å². The molecule has 126 valence electrons. The summed E-state index contributed by atoms with van der Waals surface area (Å²) in [5, 5.41) is 4.80. The monoisotopic (exact) mass is 398 g/mol. The van der Waals surface area contributed by atoms with Crippen LogP contribution in [0.15, 0.2) is 47.1 Å². The molecule has 0 saturated heterocycles. The lowest BCUT2D eigenvalue weighted by molar-refractivity contribution is -0.117. The molecule has 1 saturated carbocycles. The van der Waals surface area contributed by atoms with Crippen LogP contribution >= 0.6 is 15.9 Å². The number of anilines is 1. The number of halogens is 2. The topological polar surface area (TPSA) is 42.0 Å². The first-order chi connectivity index (χ1) is 12.0. The number of pyridine rings is 1. The first-order valence-electron chi connectivity index (χ1n) is 8.18. The number of hydrogen-bond acceptors (Lipinski definition) is 2. The van der Waals surface area contributed by atoms with Gasteiger partial charge in [-0.05, 0) is 82.0 Å². The van der Waals surface area contributed by atoms with Crippen molar-refractivity contribution in [2.45, 2.75) is 19.8 Å². The molecule has 0 radical (unpaired) electrons. The van der Waals surface area contributed by atoms with Crippen molar-refractivity contribution in [1.29, 1.82) is 0 Å². The Balaban J connectivity index is 1.69. The van der Waals surface area contributed by atoms with Crippen molar-refractivity contribution in [2.75, 3.05) is 5.32 Å². The van der Waals surface area contributed by atoms with E-state index in [-0.39, 0.29) is 17.6 Å². The minimum atomic E-state index is -0.281. The summed E-state index contributed by atoms with van der Waals surface area (Å²) in [5.74, 6) is 0.486. The van der Waals surface area contributed by atoms with Crippen LogP contribution in [-0.2, 0) is 4.79 Å². The minimum Gasteiger partial charge on any atom is -0.310 e. The summed E-state index contributed by atoms with van der Waals surface area (Å²) in [7, 11) is 0. The first kappa shape index (κ1) is 16.2. The van der Waals surface area contributed by atoms with Crippen LogP contribution in [0.25, 0.3) is 21.9 Å². The number of rotatable bonds is 3. The van der Waals surface area contributed by atoms with Gasteiger partial charge in [-0.2, -0.15) is 0 Å². The van der Waals surface area contributed by atoms with E-state index >= 15 is 0 Å². The van der Waals surface area contributed by atoms with Gasteiger partial charge in [0.05, 0.1) is 4.47 Å². The van der Waals surface area contributed by atoms with Gasteiger partial charge in [0, 0.05) is 17.5 Å². The van der Waals surface area contributed by atoms with Crippen molar-refractivity contribution >= 4 is 38.4 Å². The molecular weight excluding hydrogens is 383 g/mol. The van der Waals surface area contributed by atoms with Crippen LogP contribution < -0.4 is 5.32 Å². The largest absolute Gasteiger partial charge is 0.310 e. The van der Waals surface area contributed by atoms with Crippen molar-refractivity contribution in [3.8, 4) is 11.1 Å². The van der Waals surface area contributed by atoms with E-state index in [0.29, 0.717) is 10.3 Å². The van der Waals surface area contributed by atoms with Crippen molar-refractivity contribution in [1.82, 2.24) is 4.98 Å². The Hall–Kier alpha value is -2.27. The van der Waals surface area contributed by atoms with E-state index in [0.717, 1.165) is 40.3 Å². The van der Waals surface area contributed by atoms with E-state index in [1.807, 2.05) is 31.2 Å². The molecule has 0 aliphatic heterocycles. The van der Waals surface area contributed by atoms with E-state index in [2.05, 4.69) is 26.2 Å². The highest BCUT2D eigenvalue weighted by Gasteiger charge is 2.29. The van der Waals surface area contributed by atoms with Crippen molar-refractivity contribution in [3.05, 3.63) is 58.4 Å². The van der Waals surface area contributed by atoms with Crippen LogP contribution in [0.5, 0.6) is 0 Å². The Morgan fingerprint density at radius 1 is 1.20 bits per heavy atom. The molecule has 5 heteroatoms. The third kappa shape index (κ3) is 3.29. The van der Waals surface area contributed by atoms with Gasteiger partial charge in [0.1, 0.15) is 11.6 Å². The van der Waals surface area contributed by atoms with Crippen LogP contribution in [-0.4, -0.2) is 10.9 Å². The molecular formula is C20H16BrFN2O. The van der Waals surface area contributed by atoms with E-state index in [4.69, 9.17) is 0 Å². The number of benzene rings is 2. The maximum atomic E-state index is 13.9. The lowest BCUT2D eigenvalue weighted by Crippen LogP contribution is -2.14. The number of aryl methyl sites for hydroxylation is 1. The molecule has 1 fully saturated rings. The van der Waals surface area contributed by atoms with Gasteiger partial charge >= 0.3 is 0 Å². The summed E-state index contributed by atoms with van der Waals surface area (Å²) in [6.07, 6.45) is 3.67. The predicted octanol–water partition coefficient (Wildman–Crippen LogP) is 5.46. The predicted molar refractivity (Wildman–Crippen MR) is 101 cm³/mol. The molecule has 0 spiro atoms. The Morgan fingerprint density at radius 3 is 2.76 bits per heavy atom. The standard InChI is InChI=1S/C20H16BrFN2O/c1-11-6-17(21)18(22)9-16(11)14-5-4-13-8-19(23-10-15(13)7-14)24-20(25)12-2-3-12/h4-10,12H,2-3H2,1H3,(H,23,24,25). The van der Waals surface area contributed by atoms with Crippen molar-refractivity contribution in [2.24, 2.45) is 5.92 Å². The molecule has 25 heavy (non-hydrogen) atoms. The number of nitrogens with zero attached hydrogens (tertiary/aromatic N) is 1. The fraction of sp³-hybridized carbons (Fsp3) is 0.200. The Morgan fingerprint density at radius 2 is 2.00 bits per heavy atom. The van der Waals surface area contributed by atoms with Gasteiger partial charge in [0.25, 0.3) is 0 Å². The molecule has 4 rings (SSSR count). The van der Waals surface area contributed by atoms with Crippen LogP contribution in [0.1, 0.15) is 18.4 Å². The molecule has 0 atom stereocenters. The Kier molecular flexibility index (Phi) is 4.04. The Bertz CT molecular complexity index is 998. The number of aromatic nitrogens is 1. The second-order valence-electron chi connectivity index (χ2n) is 6.48. The van der Waals surface area contributed by atoms with Crippen LogP contribution in [0, 0.1) is 18.7 Å². The number of fused-ring (bicyclic) bond motifs is 1. The van der Waals surface area contributed by atoms with Crippen LogP contribution in [0.2, 0.25) is 0 Å². The summed E-state index contributed by atoms with van der Waals surface area (Å²) in [5.41, 5.74) is 2.79. The van der Waals surface area contributed by atoms with Gasteiger partial charge in [0.15, 0.2) is 0 Å². The highest BCUT2D eigenvalue weighted by atomic mass is 79.9. The maximum absolute atomic E-state index is 13.9. The Labute approximate surface area is 153 Å². The second kappa shape index (κ2) is 6.23. The van der Waals surface area contributed by atoms with Gasteiger partial charge in [-0.3, -0.25) is 4.79 Å². The van der Waals surface area contributed by atoms with Gasteiger partial charge < -0.3 is 5.32 Å². The van der Waals surface area contributed by atoms with Crippen molar-refractivity contribution in [3.63, 3.8) is 0 Å². The molecule has 1 amide bonds. The lowest BCUT2D eigenvalue weighted by atomic mass is 9.98. The molecule has 3 nitrogen and oxygen atoms in total. The third-order valence-corrected chi connectivity index (χ3v) is 5.11. The zero-order valence-electron chi connectivity index (χ0n) is 13.6. The third-order valence-electron chi connectivity index (χ3n) is 4.50. The fourth-order valence-electron chi connectivity index (χ4n) is 2.91. The number of carbonyl (C=O) groups excluding carboxylic acids is 1. The quantitative estimate of drug-likeness (QED) is 0.636. The lowest BCUT2D eigenvalue weighted by Gasteiger charge is -2.10. The molecule has 2 aromatic carbocycles. The second-order valence-corrected chi connectivity index (χ2v) is 7.33. The number of carbonyl (C=O) groups is 1. The minimum absolute atomic E-state index is 0.0458.